The van der Waals surface area contributed by atoms with E-state index in [1.165, 1.54) is 6.08 Å². The van der Waals surface area contributed by atoms with Crippen LogP contribution in [0.2, 0.25) is 0 Å². The largest absolute Gasteiger partial charge is 0.463 e. The summed E-state index contributed by atoms with van der Waals surface area (Å²) >= 11 is 0. The molecule has 7 unspecified atom stereocenters. The zero-order chi connectivity index (χ0) is 21.2. The molecule has 4 aliphatic carbocycles. The summed E-state index contributed by atoms with van der Waals surface area (Å²) in [6.07, 6.45) is 7.42. The van der Waals surface area contributed by atoms with Gasteiger partial charge in [0.1, 0.15) is 0 Å². The lowest BCUT2D eigenvalue weighted by Crippen LogP contribution is -2.66. The van der Waals surface area contributed by atoms with E-state index in [1.54, 1.807) is 25.2 Å². The zero-order valence-corrected chi connectivity index (χ0v) is 17.7. The van der Waals surface area contributed by atoms with Gasteiger partial charge < -0.3 is 9.84 Å². The summed E-state index contributed by atoms with van der Waals surface area (Å²) in [4.78, 5) is 24.1. The van der Waals surface area contributed by atoms with E-state index in [0.717, 1.165) is 17.6 Å². The Labute approximate surface area is 171 Å². The molecule has 158 valence electrons. The maximum absolute atomic E-state index is 16.9. The fourth-order valence-corrected chi connectivity index (χ4v) is 7.02. The molecule has 0 heterocycles. The van der Waals surface area contributed by atoms with Crippen LogP contribution in [0.3, 0.4) is 0 Å². The Balaban J connectivity index is 1.77. The standard InChI is InChI=1S/C24H31FO4/c1-5-29-21(28)12-18-14(2)10-19-17-7-6-15-11-16(26)8-9-23(15,4)24(17,25)20(27)13-22(18,19)3/h8-9,11-12,14,17,19-20,27H,5-7,10,13H2,1-4H3/b18-12-. The molecule has 0 radical (unpaired) electrons. The van der Waals surface area contributed by atoms with Crippen molar-refractivity contribution in [2.24, 2.45) is 28.6 Å². The Morgan fingerprint density at radius 1 is 1.38 bits per heavy atom. The molecule has 0 spiro atoms. The smallest absolute Gasteiger partial charge is 0.330 e. The molecule has 0 amide bonds. The lowest BCUT2D eigenvalue weighted by atomic mass is 9.45. The van der Waals surface area contributed by atoms with Gasteiger partial charge in [-0.25, -0.2) is 9.18 Å². The number of esters is 1. The van der Waals surface area contributed by atoms with Crippen LogP contribution in [0.1, 0.15) is 53.4 Å². The number of rotatable bonds is 2. The molecule has 7 atom stereocenters. The Kier molecular flexibility index (Phi) is 4.69. The first kappa shape index (κ1) is 20.5. The zero-order valence-electron chi connectivity index (χ0n) is 17.7. The Morgan fingerprint density at radius 3 is 2.79 bits per heavy atom. The SMILES string of the molecule is CCOC(=O)/C=C1/C(C)CC2C3CCC4=CC(=O)C=CC4(C)C3(F)C(O)CC12C. The van der Waals surface area contributed by atoms with Crippen molar-refractivity contribution in [2.75, 3.05) is 6.61 Å². The lowest BCUT2D eigenvalue weighted by Gasteiger charge is -2.61. The van der Waals surface area contributed by atoms with Crippen molar-refractivity contribution in [3.63, 3.8) is 0 Å². The average Bonchev–Trinajstić information content (AvgIpc) is 2.88. The van der Waals surface area contributed by atoms with E-state index < -0.39 is 22.6 Å². The third-order valence-electron chi connectivity index (χ3n) is 8.39. The first-order valence-electron chi connectivity index (χ1n) is 10.8. The van der Waals surface area contributed by atoms with Crippen LogP contribution in [0, 0.1) is 28.6 Å². The van der Waals surface area contributed by atoms with Crippen LogP contribution < -0.4 is 0 Å². The van der Waals surface area contributed by atoms with Crippen molar-refractivity contribution < 1.29 is 23.8 Å². The quantitative estimate of drug-likeness (QED) is 0.558. The molecule has 0 aliphatic heterocycles. The van der Waals surface area contributed by atoms with Gasteiger partial charge in [-0.2, -0.15) is 0 Å². The van der Waals surface area contributed by atoms with Gasteiger partial charge in [0.25, 0.3) is 0 Å². The Morgan fingerprint density at radius 2 is 2.10 bits per heavy atom. The molecular formula is C24H31FO4. The molecule has 5 heteroatoms. The first-order chi connectivity index (χ1) is 13.6. The van der Waals surface area contributed by atoms with Gasteiger partial charge in [0.15, 0.2) is 11.5 Å². The van der Waals surface area contributed by atoms with E-state index in [9.17, 15) is 14.7 Å². The molecule has 29 heavy (non-hydrogen) atoms. The van der Waals surface area contributed by atoms with Crippen molar-refractivity contribution in [2.45, 2.75) is 65.2 Å². The summed E-state index contributed by atoms with van der Waals surface area (Å²) in [6.45, 7) is 8.07. The highest BCUT2D eigenvalue weighted by Crippen LogP contribution is 2.69. The second kappa shape index (κ2) is 6.63. The van der Waals surface area contributed by atoms with E-state index in [4.69, 9.17) is 4.74 Å². The second-order valence-corrected chi connectivity index (χ2v) is 9.75. The van der Waals surface area contributed by atoms with E-state index in [1.807, 2.05) is 6.92 Å². The minimum absolute atomic E-state index is 0.0379. The number of ketones is 1. The number of carbonyl (C=O) groups is 2. The summed E-state index contributed by atoms with van der Waals surface area (Å²) in [5.74, 6) is -0.624. The fraction of sp³-hybridized carbons (Fsp3) is 0.667. The molecule has 3 fully saturated rings. The molecule has 3 saturated carbocycles. The molecule has 0 saturated heterocycles. The van der Waals surface area contributed by atoms with Crippen LogP contribution in [0.5, 0.6) is 0 Å². The number of fused-ring (bicyclic) bond motifs is 5. The third-order valence-corrected chi connectivity index (χ3v) is 8.39. The minimum Gasteiger partial charge on any atom is -0.463 e. The van der Waals surface area contributed by atoms with Gasteiger partial charge in [0.05, 0.1) is 12.7 Å². The van der Waals surface area contributed by atoms with Crippen LogP contribution in [-0.4, -0.2) is 35.2 Å². The van der Waals surface area contributed by atoms with Crippen molar-refractivity contribution in [1.82, 2.24) is 0 Å². The number of ether oxygens (including phenoxy) is 1. The molecule has 0 aromatic heterocycles. The average molecular weight is 403 g/mol. The van der Waals surface area contributed by atoms with Crippen LogP contribution >= 0.6 is 0 Å². The maximum atomic E-state index is 16.9. The van der Waals surface area contributed by atoms with Gasteiger partial charge in [0, 0.05) is 17.4 Å². The van der Waals surface area contributed by atoms with Gasteiger partial charge in [-0.15, -0.1) is 0 Å². The number of hydrogen-bond donors (Lipinski definition) is 1. The molecular weight excluding hydrogens is 371 g/mol. The highest BCUT2D eigenvalue weighted by Gasteiger charge is 2.70. The molecule has 4 aliphatic rings. The van der Waals surface area contributed by atoms with E-state index in [0.29, 0.717) is 19.4 Å². The molecule has 0 bridgehead atoms. The number of aliphatic hydroxyl groups is 1. The number of hydrogen-bond acceptors (Lipinski definition) is 4. The van der Waals surface area contributed by atoms with Crippen LogP contribution in [0.25, 0.3) is 0 Å². The highest BCUT2D eigenvalue weighted by molar-refractivity contribution is 6.01. The molecule has 1 N–H and O–H groups in total. The number of aliphatic hydroxyl groups excluding tert-OH is 1. The van der Waals surface area contributed by atoms with E-state index in [-0.39, 0.29) is 35.9 Å². The minimum atomic E-state index is -1.82. The summed E-state index contributed by atoms with van der Waals surface area (Å²) < 4.78 is 22.1. The van der Waals surface area contributed by atoms with E-state index in [2.05, 4.69) is 13.8 Å². The monoisotopic (exact) mass is 402 g/mol. The van der Waals surface area contributed by atoms with Gasteiger partial charge in [-0.1, -0.05) is 31.1 Å². The number of carbonyl (C=O) groups excluding carboxylic acids is 2. The number of halogens is 1. The lowest BCUT2D eigenvalue weighted by molar-refractivity contribution is -0.183. The van der Waals surface area contributed by atoms with Crippen molar-refractivity contribution in [1.29, 1.82) is 0 Å². The number of alkyl halides is 1. The number of allylic oxidation sites excluding steroid dienone is 5. The molecule has 4 rings (SSSR count). The van der Waals surface area contributed by atoms with Crippen LogP contribution in [0.4, 0.5) is 4.39 Å². The fourth-order valence-electron chi connectivity index (χ4n) is 7.02. The van der Waals surface area contributed by atoms with Crippen molar-refractivity contribution in [3.8, 4) is 0 Å². The third kappa shape index (κ3) is 2.66. The van der Waals surface area contributed by atoms with Gasteiger partial charge in [-0.05, 0) is 68.9 Å². The van der Waals surface area contributed by atoms with Crippen LogP contribution in [-0.2, 0) is 14.3 Å². The first-order valence-corrected chi connectivity index (χ1v) is 10.8. The Hall–Kier alpha value is -1.75. The predicted octanol–water partition coefficient (Wildman–Crippen LogP) is 4.09. The summed E-state index contributed by atoms with van der Waals surface area (Å²) in [5, 5.41) is 11.2. The maximum Gasteiger partial charge on any atom is 0.330 e. The van der Waals surface area contributed by atoms with Crippen molar-refractivity contribution >= 4 is 11.8 Å². The summed E-state index contributed by atoms with van der Waals surface area (Å²) in [7, 11) is 0. The second-order valence-electron chi connectivity index (χ2n) is 9.75. The predicted molar refractivity (Wildman–Crippen MR) is 108 cm³/mol. The molecule has 4 nitrogen and oxygen atoms in total. The molecule has 0 aromatic rings. The Bertz CT molecular complexity index is 842. The van der Waals surface area contributed by atoms with Crippen molar-refractivity contribution in [3.05, 3.63) is 35.5 Å². The van der Waals surface area contributed by atoms with Gasteiger partial charge in [-0.3, -0.25) is 4.79 Å². The molecule has 0 aromatic carbocycles. The summed E-state index contributed by atoms with van der Waals surface area (Å²) in [5.41, 5.74) is -1.46. The van der Waals surface area contributed by atoms with Gasteiger partial charge in [0.2, 0.25) is 0 Å². The normalized spacial score (nSPS) is 47.3. The summed E-state index contributed by atoms with van der Waals surface area (Å²) in [6, 6.07) is 0. The highest BCUT2D eigenvalue weighted by atomic mass is 19.1. The van der Waals surface area contributed by atoms with E-state index >= 15 is 4.39 Å². The van der Waals surface area contributed by atoms with Crippen LogP contribution in [0.15, 0.2) is 35.5 Å². The topological polar surface area (TPSA) is 63.6 Å². The van der Waals surface area contributed by atoms with Gasteiger partial charge >= 0.3 is 5.97 Å².